The van der Waals surface area contributed by atoms with Crippen LogP contribution < -0.4 is 4.72 Å². The molecule has 2 heterocycles. The van der Waals surface area contributed by atoms with E-state index in [1.165, 1.54) is 0 Å². The minimum absolute atomic E-state index is 0.214. The minimum atomic E-state index is -3.74. The van der Waals surface area contributed by atoms with Gasteiger partial charge in [-0.1, -0.05) is 30.3 Å². The summed E-state index contributed by atoms with van der Waals surface area (Å²) in [6.07, 6.45) is 0. The highest BCUT2D eigenvalue weighted by atomic mass is 32.2. The van der Waals surface area contributed by atoms with Gasteiger partial charge in [-0.15, -0.1) is 11.3 Å². The second-order valence-corrected chi connectivity index (χ2v) is 8.99. The summed E-state index contributed by atoms with van der Waals surface area (Å²) in [5, 5.41) is 3.61. The SMILES string of the molecule is CCOC(=O)c1c(C)oc2c1cc(NS(=O)(=O)c1cccs1)c1ccccc12. The standard InChI is InChI=1S/C20H17NO5S2/c1-3-25-20(22)18-12(2)26-19-14-8-5-4-7-13(14)16(11-15(18)19)21-28(23,24)17-9-6-10-27-17/h4-11,21H,3H2,1-2H3. The molecule has 0 saturated heterocycles. The number of aryl methyl sites for hydroxylation is 1. The average Bonchev–Trinajstić information content (AvgIpc) is 3.30. The number of furan rings is 1. The second-order valence-electron chi connectivity index (χ2n) is 6.14. The molecule has 4 aromatic rings. The van der Waals surface area contributed by atoms with E-state index in [1.54, 1.807) is 37.4 Å². The van der Waals surface area contributed by atoms with Crippen LogP contribution >= 0.6 is 11.3 Å². The highest BCUT2D eigenvalue weighted by Crippen LogP contribution is 2.37. The van der Waals surface area contributed by atoms with Crippen molar-refractivity contribution in [2.45, 2.75) is 18.1 Å². The molecule has 0 atom stereocenters. The zero-order valence-corrected chi connectivity index (χ0v) is 16.8. The second kappa shape index (κ2) is 6.96. The van der Waals surface area contributed by atoms with Gasteiger partial charge in [-0.25, -0.2) is 13.2 Å². The van der Waals surface area contributed by atoms with Gasteiger partial charge in [0.15, 0.2) is 0 Å². The molecule has 0 amide bonds. The lowest BCUT2D eigenvalue weighted by Crippen LogP contribution is -2.12. The van der Waals surface area contributed by atoms with Crippen molar-refractivity contribution >= 4 is 54.8 Å². The number of fused-ring (bicyclic) bond motifs is 3. The molecule has 2 aromatic heterocycles. The Morgan fingerprint density at radius 2 is 1.89 bits per heavy atom. The Hall–Kier alpha value is -2.84. The van der Waals surface area contributed by atoms with E-state index in [4.69, 9.17) is 9.15 Å². The maximum absolute atomic E-state index is 12.8. The first kappa shape index (κ1) is 18.5. The van der Waals surface area contributed by atoms with Crippen LogP contribution in [0.1, 0.15) is 23.0 Å². The number of carbonyl (C=O) groups is 1. The summed E-state index contributed by atoms with van der Waals surface area (Å²) in [6.45, 7) is 3.65. The van der Waals surface area contributed by atoms with Crippen molar-refractivity contribution in [3.05, 3.63) is 59.2 Å². The van der Waals surface area contributed by atoms with E-state index in [1.807, 2.05) is 24.3 Å². The number of hydrogen-bond acceptors (Lipinski definition) is 6. The molecule has 0 bridgehead atoms. The maximum Gasteiger partial charge on any atom is 0.342 e. The smallest absolute Gasteiger partial charge is 0.342 e. The Morgan fingerprint density at radius 3 is 2.57 bits per heavy atom. The van der Waals surface area contributed by atoms with Gasteiger partial charge in [0.25, 0.3) is 10.0 Å². The van der Waals surface area contributed by atoms with Crippen LogP contribution in [0.15, 0.2) is 56.5 Å². The van der Waals surface area contributed by atoms with Crippen LogP contribution in [-0.2, 0) is 14.8 Å². The summed E-state index contributed by atoms with van der Waals surface area (Å²) in [7, 11) is -3.74. The number of carbonyl (C=O) groups excluding carboxylic acids is 1. The predicted molar refractivity (Wildman–Crippen MR) is 110 cm³/mol. The highest BCUT2D eigenvalue weighted by Gasteiger charge is 2.24. The third-order valence-electron chi connectivity index (χ3n) is 4.36. The fraction of sp³-hybridized carbons (Fsp3) is 0.150. The van der Waals surface area contributed by atoms with E-state index in [9.17, 15) is 13.2 Å². The molecule has 0 saturated carbocycles. The summed E-state index contributed by atoms with van der Waals surface area (Å²) >= 11 is 1.13. The van der Waals surface area contributed by atoms with Gasteiger partial charge in [-0.05, 0) is 31.4 Å². The van der Waals surface area contributed by atoms with E-state index in [-0.39, 0.29) is 10.8 Å². The van der Waals surface area contributed by atoms with E-state index in [0.717, 1.165) is 11.3 Å². The van der Waals surface area contributed by atoms with Gasteiger partial charge in [0.2, 0.25) is 0 Å². The number of benzene rings is 2. The first-order valence-electron chi connectivity index (χ1n) is 8.60. The molecule has 28 heavy (non-hydrogen) atoms. The molecule has 0 radical (unpaired) electrons. The fourth-order valence-corrected chi connectivity index (χ4v) is 5.25. The summed E-state index contributed by atoms with van der Waals surface area (Å²) < 4.78 is 39.4. The van der Waals surface area contributed by atoms with Crippen molar-refractivity contribution in [1.82, 2.24) is 0 Å². The first-order chi connectivity index (χ1) is 13.4. The maximum atomic E-state index is 12.8. The Kier molecular flexibility index (Phi) is 4.60. The number of ether oxygens (including phenoxy) is 1. The molecule has 4 rings (SSSR count). The largest absolute Gasteiger partial charge is 0.462 e. The number of thiophene rings is 1. The molecule has 0 aliphatic heterocycles. The molecule has 0 aliphatic carbocycles. The van der Waals surface area contributed by atoms with Crippen molar-refractivity contribution in [1.29, 1.82) is 0 Å². The zero-order chi connectivity index (χ0) is 19.9. The van der Waals surface area contributed by atoms with Gasteiger partial charge >= 0.3 is 5.97 Å². The molecular weight excluding hydrogens is 398 g/mol. The lowest BCUT2D eigenvalue weighted by atomic mass is 10.0. The first-order valence-corrected chi connectivity index (χ1v) is 11.0. The van der Waals surface area contributed by atoms with Crippen LogP contribution in [0.2, 0.25) is 0 Å². The molecule has 1 N–H and O–H groups in total. The Morgan fingerprint density at radius 1 is 1.14 bits per heavy atom. The number of hydrogen-bond donors (Lipinski definition) is 1. The Labute approximate surface area is 165 Å². The van der Waals surface area contributed by atoms with Crippen molar-refractivity contribution in [2.24, 2.45) is 0 Å². The van der Waals surface area contributed by atoms with Gasteiger partial charge in [0, 0.05) is 16.2 Å². The zero-order valence-electron chi connectivity index (χ0n) is 15.2. The van der Waals surface area contributed by atoms with Crippen LogP contribution in [0.3, 0.4) is 0 Å². The van der Waals surface area contributed by atoms with Crippen molar-refractivity contribution in [2.75, 3.05) is 11.3 Å². The Bertz CT molecular complexity index is 1290. The van der Waals surface area contributed by atoms with Crippen LogP contribution in [0, 0.1) is 6.92 Å². The quantitative estimate of drug-likeness (QED) is 0.467. The summed E-state index contributed by atoms with van der Waals surface area (Å²) in [4.78, 5) is 12.4. The monoisotopic (exact) mass is 415 g/mol. The molecule has 0 fully saturated rings. The minimum Gasteiger partial charge on any atom is -0.462 e. The average molecular weight is 415 g/mol. The van der Waals surface area contributed by atoms with Gasteiger partial charge in [0.1, 0.15) is 21.1 Å². The van der Waals surface area contributed by atoms with Crippen LogP contribution in [0.5, 0.6) is 0 Å². The summed E-state index contributed by atoms with van der Waals surface area (Å²) in [6, 6.07) is 12.1. The molecule has 0 aliphatic rings. The van der Waals surface area contributed by atoms with Crippen LogP contribution in [0.4, 0.5) is 5.69 Å². The number of esters is 1. The number of nitrogens with one attached hydrogen (secondary N) is 1. The molecule has 2 aromatic carbocycles. The topological polar surface area (TPSA) is 85.6 Å². The highest BCUT2D eigenvalue weighted by molar-refractivity contribution is 7.94. The molecule has 144 valence electrons. The lowest BCUT2D eigenvalue weighted by molar-refractivity contribution is 0.0526. The third kappa shape index (κ3) is 3.04. The number of rotatable bonds is 5. The predicted octanol–water partition coefficient (Wildman–Crippen LogP) is 4.93. The summed E-state index contributed by atoms with van der Waals surface area (Å²) in [5.74, 6) is -0.0713. The molecule has 0 spiro atoms. The fourth-order valence-electron chi connectivity index (χ4n) is 3.19. The van der Waals surface area contributed by atoms with E-state index >= 15 is 0 Å². The number of anilines is 1. The van der Waals surface area contributed by atoms with E-state index < -0.39 is 16.0 Å². The lowest BCUT2D eigenvalue weighted by Gasteiger charge is -2.11. The summed E-state index contributed by atoms with van der Waals surface area (Å²) in [5.41, 5.74) is 1.21. The molecule has 6 nitrogen and oxygen atoms in total. The van der Waals surface area contributed by atoms with Crippen molar-refractivity contribution in [3.63, 3.8) is 0 Å². The molecular formula is C20H17NO5S2. The van der Waals surface area contributed by atoms with Gasteiger partial charge < -0.3 is 9.15 Å². The number of sulfonamides is 1. The van der Waals surface area contributed by atoms with Crippen LogP contribution in [-0.4, -0.2) is 21.0 Å². The molecule has 8 heteroatoms. The van der Waals surface area contributed by atoms with Gasteiger partial charge in [-0.3, -0.25) is 4.72 Å². The third-order valence-corrected chi connectivity index (χ3v) is 7.12. The van der Waals surface area contributed by atoms with Crippen molar-refractivity contribution in [3.8, 4) is 0 Å². The van der Waals surface area contributed by atoms with Crippen molar-refractivity contribution < 1.29 is 22.4 Å². The Balaban J connectivity index is 1.97. The van der Waals surface area contributed by atoms with E-state index in [2.05, 4.69) is 4.72 Å². The normalized spacial score (nSPS) is 11.8. The van der Waals surface area contributed by atoms with Gasteiger partial charge in [0.05, 0.1) is 12.3 Å². The van der Waals surface area contributed by atoms with E-state index in [0.29, 0.717) is 38.8 Å². The van der Waals surface area contributed by atoms with Gasteiger partial charge in [-0.2, -0.15) is 0 Å². The molecule has 0 unspecified atom stereocenters. The van der Waals surface area contributed by atoms with Crippen LogP contribution in [0.25, 0.3) is 21.7 Å².